The van der Waals surface area contributed by atoms with Gasteiger partial charge in [-0.05, 0) is 24.6 Å². The molecule has 1 aliphatic heterocycles. The fourth-order valence-corrected chi connectivity index (χ4v) is 3.20. The lowest BCUT2D eigenvalue weighted by molar-refractivity contribution is -0.121. The van der Waals surface area contributed by atoms with Crippen LogP contribution in [0, 0.1) is 5.82 Å². The van der Waals surface area contributed by atoms with Crippen LogP contribution in [0.3, 0.4) is 0 Å². The van der Waals surface area contributed by atoms with E-state index in [-0.39, 0.29) is 17.6 Å². The van der Waals surface area contributed by atoms with Crippen LogP contribution in [-0.4, -0.2) is 54.5 Å². The zero-order valence-electron chi connectivity index (χ0n) is 15.6. The van der Waals surface area contributed by atoms with E-state index >= 15 is 0 Å². The Labute approximate surface area is 160 Å². The lowest BCUT2D eigenvalue weighted by Crippen LogP contribution is -2.52. The molecule has 0 spiro atoms. The van der Waals surface area contributed by atoms with Gasteiger partial charge in [-0.1, -0.05) is 54.6 Å². The van der Waals surface area contributed by atoms with E-state index in [1.165, 1.54) is 11.6 Å². The summed E-state index contributed by atoms with van der Waals surface area (Å²) in [6.45, 7) is 6.25. The van der Waals surface area contributed by atoms with E-state index in [9.17, 15) is 9.18 Å². The third kappa shape index (κ3) is 5.49. The third-order valence-corrected chi connectivity index (χ3v) is 4.94. The van der Waals surface area contributed by atoms with E-state index < -0.39 is 5.82 Å². The van der Waals surface area contributed by atoms with Crippen molar-refractivity contribution >= 4 is 17.7 Å². The van der Waals surface area contributed by atoms with Gasteiger partial charge in [0.15, 0.2) is 0 Å². The van der Waals surface area contributed by atoms with E-state index in [2.05, 4.69) is 39.4 Å². The summed E-state index contributed by atoms with van der Waals surface area (Å²) in [5.41, 5.74) is 1.44. The summed E-state index contributed by atoms with van der Waals surface area (Å²) in [6, 6.07) is 16.2. The zero-order chi connectivity index (χ0) is 19.1. The normalized spacial score (nSPS) is 17.1. The van der Waals surface area contributed by atoms with E-state index in [1.807, 2.05) is 25.1 Å². The number of benzene rings is 2. The van der Waals surface area contributed by atoms with Crippen molar-refractivity contribution in [3.63, 3.8) is 0 Å². The van der Waals surface area contributed by atoms with Crippen LogP contribution >= 0.6 is 0 Å². The Morgan fingerprint density at radius 3 is 2.44 bits per heavy atom. The summed E-state index contributed by atoms with van der Waals surface area (Å²) in [6.07, 6.45) is 4.32. The monoisotopic (exact) mass is 367 g/mol. The topological polar surface area (TPSA) is 35.6 Å². The number of amides is 1. The summed E-state index contributed by atoms with van der Waals surface area (Å²) in [4.78, 5) is 16.9. The molecule has 4 nitrogen and oxygen atoms in total. The second-order valence-electron chi connectivity index (χ2n) is 6.79. The first-order valence-corrected chi connectivity index (χ1v) is 9.37. The van der Waals surface area contributed by atoms with Crippen molar-refractivity contribution in [3.8, 4) is 0 Å². The van der Waals surface area contributed by atoms with E-state index in [4.69, 9.17) is 0 Å². The molecule has 142 valence electrons. The smallest absolute Gasteiger partial charge is 0.241 e. The van der Waals surface area contributed by atoms with Crippen molar-refractivity contribution in [2.45, 2.75) is 13.0 Å². The molecular weight excluding hydrogens is 341 g/mol. The van der Waals surface area contributed by atoms with Gasteiger partial charge in [0.25, 0.3) is 0 Å². The van der Waals surface area contributed by atoms with Gasteiger partial charge >= 0.3 is 0 Å². The highest BCUT2D eigenvalue weighted by Crippen LogP contribution is 2.14. The first-order valence-electron chi connectivity index (χ1n) is 9.37. The minimum Gasteiger partial charge on any atom is -0.322 e. The van der Waals surface area contributed by atoms with Gasteiger partial charge in [0.1, 0.15) is 5.82 Å². The van der Waals surface area contributed by atoms with Gasteiger partial charge in [0.2, 0.25) is 5.91 Å². The van der Waals surface area contributed by atoms with E-state index in [0.29, 0.717) is 0 Å². The van der Waals surface area contributed by atoms with Crippen molar-refractivity contribution in [2.75, 3.05) is 38.0 Å². The van der Waals surface area contributed by atoms with E-state index in [0.717, 1.165) is 32.7 Å². The first-order chi connectivity index (χ1) is 13.1. The van der Waals surface area contributed by atoms with Gasteiger partial charge in [0, 0.05) is 32.7 Å². The SMILES string of the molecule is C[C@H](C(=O)Nc1ccccc1F)N1CCN(C/C=C/c2ccccc2)CC1. The maximum atomic E-state index is 13.7. The number of carbonyl (C=O) groups excluding carboxylic acids is 1. The van der Waals surface area contributed by atoms with Crippen LogP contribution in [0.25, 0.3) is 6.08 Å². The highest BCUT2D eigenvalue weighted by Gasteiger charge is 2.25. The summed E-state index contributed by atoms with van der Waals surface area (Å²) in [5.74, 6) is -0.578. The Bertz CT molecular complexity index is 770. The van der Waals surface area contributed by atoms with Gasteiger partial charge in [-0.15, -0.1) is 0 Å². The molecule has 0 aliphatic carbocycles. The molecule has 2 aromatic carbocycles. The Balaban J connectivity index is 1.45. The molecule has 1 aliphatic rings. The van der Waals surface area contributed by atoms with Crippen LogP contribution in [0.5, 0.6) is 0 Å². The number of hydrogen-bond acceptors (Lipinski definition) is 3. The second kappa shape index (κ2) is 9.44. The fourth-order valence-electron chi connectivity index (χ4n) is 3.20. The van der Waals surface area contributed by atoms with Crippen LogP contribution in [0.2, 0.25) is 0 Å². The number of carbonyl (C=O) groups is 1. The van der Waals surface area contributed by atoms with Crippen molar-refractivity contribution < 1.29 is 9.18 Å². The highest BCUT2D eigenvalue weighted by atomic mass is 19.1. The molecular formula is C22H26FN3O. The minimum atomic E-state index is -0.409. The lowest BCUT2D eigenvalue weighted by atomic mass is 10.2. The molecule has 3 rings (SSSR count). The average molecular weight is 367 g/mol. The van der Waals surface area contributed by atoms with Crippen LogP contribution in [0.1, 0.15) is 12.5 Å². The van der Waals surface area contributed by atoms with Gasteiger partial charge in [-0.2, -0.15) is 0 Å². The Kier molecular flexibility index (Phi) is 6.74. The third-order valence-electron chi connectivity index (χ3n) is 4.94. The Morgan fingerprint density at radius 1 is 1.07 bits per heavy atom. The van der Waals surface area contributed by atoms with Crippen molar-refractivity contribution in [1.82, 2.24) is 9.80 Å². The fraction of sp³-hybridized carbons (Fsp3) is 0.318. The molecule has 0 aromatic heterocycles. The number of piperazine rings is 1. The largest absolute Gasteiger partial charge is 0.322 e. The molecule has 1 fully saturated rings. The van der Waals surface area contributed by atoms with Crippen LogP contribution in [0.15, 0.2) is 60.7 Å². The molecule has 0 unspecified atom stereocenters. The number of anilines is 1. The summed E-state index contributed by atoms with van der Waals surface area (Å²) in [7, 11) is 0. The van der Waals surface area contributed by atoms with Crippen molar-refractivity contribution in [3.05, 3.63) is 72.1 Å². The van der Waals surface area contributed by atoms with Crippen LogP contribution < -0.4 is 5.32 Å². The number of nitrogens with one attached hydrogen (secondary N) is 1. The van der Waals surface area contributed by atoms with Gasteiger partial charge < -0.3 is 5.32 Å². The maximum Gasteiger partial charge on any atom is 0.241 e. The van der Waals surface area contributed by atoms with Crippen molar-refractivity contribution in [2.24, 2.45) is 0 Å². The molecule has 0 bridgehead atoms. The predicted molar refractivity (Wildman–Crippen MR) is 108 cm³/mol. The summed E-state index contributed by atoms with van der Waals surface area (Å²) < 4.78 is 13.7. The number of hydrogen-bond donors (Lipinski definition) is 1. The number of rotatable bonds is 6. The Hall–Kier alpha value is -2.50. The number of halogens is 1. The molecule has 1 saturated heterocycles. The maximum absolute atomic E-state index is 13.7. The zero-order valence-corrected chi connectivity index (χ0v) is 15.6. The van der Waals surface area contributed by atoms with Crippen molar-refractivity contribution in [1.29, 1.82) is 0 Å². The molecule has 5 heteroatoms. The minimum absolute atomic E-state index is 0.169. The summed E-state index contributed by atoms with van der Waals surface area (Å²) >= 11 is 0. The van der Waals surface area contributed by atoms with E-state index in [1.54, 1.807) is 18.2 Å². The number of nitrogens with zero attached hydrogens (tertiary/aromatic N) is 2. The lowest BCUT2D eigenvalue weighted by Gasteiger charge is -2.37. The predicted octanol–water partition coefficient (Wildman–Crippen LogP) is 3.48. The molecule has 1 amide bonds. The van der Waals surface area contributed by atoms with Crippen LogP contribution in [-0.2, 0) is 4.79 Å². The molecule has 27 heavy (non-hydrogen) atoms. The standard InChI is InChI=1S/C22H26FN3O/c1-18(22(27)24-21-12-6-5-11-20(21)23)26-16-14-25(15-17-26)13-7-10-19-8-3-2-4-9-19/h2-12,18H,13-17H2,1H3,(H,24,27)/b10-7+/t18-/m1/s1. The van der Waals surface area contributed by atoms with Crippen LogP contribution in [0.4, 0.5) is 10.1 Å². The second-order valence-corrected chi connectivity index (χ2v) is 6.79. The molecule has 2 aromatic rings. The average Bonchev–Trinajstić information content (AvgIpc) is 2.70. The van der Waals surface area contributed by atoms with Gasteiger partial charge in [0.05, 0.1) is 11.7 Å². The first kappa shape index (κ1) is 19.3. The molecule has 1 N–H and O–H groups in total. The molecule has 1 heterocycles. The quantitative estimate of drug-likeness (QED) is 0.849. The molecule has 0 saturated carbocycles. The number of para-hydroxylation sites is 1. The summed E-state index contributed by atoms with van der Waals surface area (Å²) in [5, 5.41) is 2.69. The highest BCUT2D eigenvalue weighted by molar-refractivity contribution is 5.94. The molecule has 0 radical (unpaired) electrons. The Morgan fingerprint density at radius 2 is 1.74 bits per heavy atom. The molecule has 1 atom stereocenters. The van der Waals surface area contributed by atoms with Gasteiger partial charge in [-0.25, -0.2) is 4.39 Å². The van der Waals surface area contributed by atoms with Gasteiger partial charge in [-0.3, -0.25) is 14.6 Å².